The van der Waals surface area contributed by atoms with E-state index in [4.69, 9.17) is 0 Å². The van der Waals surface area contributed by atoms with E-state index in [1.165, 1.54) is 26.5 Å². The Morgan fingerprint density at radius 2 is 1.77 bits per heavy atom. The van der Waals surface area contributed by atoms with Gasteiger partial charge < -0.3 is 9.88 Å². The second kappa shape index (κ2) is 9.00. The van der Waals surface area contributed by atoms with Gasteiger partial charge in [0, 0.05) is 57.1 Å². The molecule has 2 N–H and O–H groups in total. The van der Waals surface area contributed by atoms with Gasteiger partial charge in [0.15, 0.2) is 5.82 Å². The molecule has 0 saturated carbocycles. The molecule has 35 heavy (non-hydrogen) atoms. The van der Waals surface area contributed by atoms with Crippen LogP contribution < -0.4 is 9.62 Å². The van der Waals surface area contributed by atoms with Gasteiger partial charge in [-0.2, -0.15) is 12.7 Å². The summed E-state index contributed by atoms with van der Waals surface area (Å²) >= 11 is 0. The van der Waals surface area contributed by atoms with Crippen LogP contribution in [0.4, 0.5) is 20.3 Å². The molecule has 0 amide bonds. The average Bonchev–Trinajstić information content (AvgIpc) is 3.24. The summed E-state index contributed by atoms with van der Waals surface area (Å²) in [5.41, 5.74) is -0.152. The van der Waals surface area contributed by atoms with Crippen LogP contribution in [0.5, 0.6) is 0 Å². The highest BCUT2D eigenvalue weighted by Gasteiger charge is 2.26. The zero-order valence-corrected chi connectivity index (χ0v) is 20.0. The third-order valence-corrected chi connectivity index (χ3v) is 6.65. The number of nitrogens with zero attached hydrogens (tertiary/aromatic N) is 5. The summed E-state index contributed by atoms with van der Waals surface area (Å²) in [6.07, 6.45) is 5.95. The topological polar surface area (TPSA) is 124 Å². The lowest BCUT2D eigenvalue weighted by molar-refractivity contribution is 0.103. The number of H-pyrrole nitrogens is 1. The number of carbonyl (C=O) groups excluding carboxylic acids is 1. The molecule has 0 atom stereocenters. The van der Waals surface area contributed by atoms with E-state index < -0.39 is 38.9 Å². The number of nitrogens with one attached hydrogen (secondary N) is 2. The molecule has 4 aromatic rings. The summed E-state index contributed by atoms with van der Waals surface area (Å²) in [5, 5.41) is 0.309. The van der Waals surface area contributed by atoms with Gasteiger partial charge in [-0.15, -0.1) is 0 Å². The zero-order valence-electron chi connectivity index (χ0n) is 19.2. The first-order valence-electron chi connectivity index (χ1n) is 10.2. The summed E-state index contributed by atoms with van der Waals surface area (Å²) in [6.45, 7) is 0. The lowest BCUT2D eigenvalue weighted by Crippen LogP contribution is -2.29. The maximum absolute atomic E-state index is 15.2. The molecule has 0 radical (unpaired) electrons. The van der Waals surface area contributed by atoms with Crippen molar-refractivity contribution in [1.82, 2.24) is 24.2 Å². The highest BCUT2D eigenvalue weighted by Crippen LogP contribution is 2.29. The first-order valence-corrected chi connectivity index (χ1v) is 11.6. The van der Waals surface area contributed by atoms with E-state index in [1.807, 2.05) is 18.8 Å². The van der Waals surface area contributed by atoms with Crippen molar-refractivity contribution in [3.05, 3.63) is 65.7 Å². The number of rotatable bonds is 7. The van der Waals surface area contributed by atoms with Crippen molar-refractivity contribution in [2.24, 2.45) is 0 Å². The van der Waals surface area contributed by atoms with Crippen LogP contribution in [0.25, 0.3) is 22.3 Å². The fraction of sp³-hybridized carbons (Fsp3) is 0.182. The minimum atomic E-state index is -4.08. The van der Waals surface area contributed by atoms with Crippen molar-refractivity contribution in [2.75, 3.05) is 37.8 Å². The Bertz CT molecular complexity index is 1530. The molecule has 3 aromatic heterocycles. The molecule has 4 rings (SSSR count). The smallest absolute Gasteiger partial charge is 0.301 e. The second-order valence-corrected chi connectivity index (χ2v) is 9.86. The van der Waals surface area contributed by atoms with Gasteiger partial charge in [0.2, 0.25) is 5.78 Å². The number of ketones is 1. The summed E-state index contributed by atoms with van der Waals surface area (Å²) < 4.78 is 56.8. The first kappa shape index (κ1) is 24.2. The molecular weight excluding hydrogens is 480 g/mol. The van der Waals surface area contributed by atoms with Crippen molar-refractivity contribution in [3.8, 4) is 11.3 Å². The SMILES string of the molecule is CN(C)c1cnc(-c2cnc3[nH]cc(C(=O)c4c(F)ccc(NS(=O)(=O)N(C)C)c4F)c3c2)cn1. The number of anilines is 2. The van der Waals surface area contributed by atoms with Crippen molar-refractivity contribution < 1.29 is 22.0 Å². The molecule has 0 saturated heterocycles. The van der Waals surface area contributed by atoms with E-state index in [0.717, 1.165) is 16.4 Å². The summed E-state index contributed by atoms with van der Waals surface area (Å²) in [4.78, 5) is 30.8. The van der Waals surface area contributed by atoms with Crippen LogP contribution >= 0.6 is 0 Å². The van der Waals surface area contributed by atoms with Crippen LogP contribution in [0, 0.1) is 11.6 Å². The van der Waals surface area contributed by atoms with Gasteiger partial charge in [0.1, 0.15) is 17.3 Å². The maximum atomic E-state index is 15.2. The van der Waals surface area contributed by atoms with E-state index >= 15 is 4.39 Å². The van der Waals surface area contributed by atoms with E-state index in [-0.39, 0.29) is 5.56 Å². The lowest BCUT2D eigenvalue weighted by Gasteiger charge is -2.15. The number of aromatic amines is 1. The molecule has 1 aromatic carbocycles. The van der Waals surface area contributed by atoms with Crippen LogP contribution in [0.3, 0.4) is 0 Å². The molecule has 0 bridgehead atoms. The zero-order chi connectivity index (χ0) is 25.5. The molecule has 0 fully saturated rings. The highest BCUT2D eigenvalue weighted by molar-refractivity contribution is 7.90. The van der Waals surface area contributed by atoms with Crippen LogP contribution in [-0.4, -0.2) is 66.6 Å². The molecule has 182 valence electrons. The normalized spacial score (nSPS) is 11.7. The number of aromatic nitrogens is 4. The van der Waals surface area contributed by atoms with Crippen molar-refractivity contribution >= 4 is 38.5 Å². The van der Waals surface area contributed by atoms with Crippen LogP contribution in [0.1, 0.15) is 15.9 Å². The van der Waals surface area contributed by atoms with E-state index in [2.05, 4.69) is 19.9 Å². The third-order valence-electron chi connectivity index (χ3n) is 5.21. The van der Waals surface area contributed by atoms with Gasteiger partial charge in [0.05, 0.1) is 29.3 Å². The Balaban J connectivity index is 1.77. The van der Waals surface area contributed by atoms with Crippen molar-refractivity contribution in [2.45, 2.75) is 0 Å². The predicted molar refractivity (Wildman–Crippen MR) is 127 cm³/mol. The van der Waals surface area contributed by atoms with Gasteiger partial charge in [-0.25, -0.2) is 18.7 Å². The lowest BCUT2D eigenvalue weighted by atomic mass is 10.0. The standard InChI is InChI=1S/C22H21F2N7O3S/c1-30(2)18-11-25-17(10-26-18)12-7-13-14(9-28-22(13)27-8-12)21(32)19-15(23)5-6-16(20(19)24)29-35(33,34)31(3)4/h5-11,29H,1-4H3,(H,27,28). The Labute approximate surface area is 199 Å². The van der Waals surface area contributed by atoms with Crippen LogP contribution in [0.15, 0.2) is 43.0 Å². The Kier molecular flexibility index (Phi) is 6.21. The van der Waals surface area contributed by atoms with Gasteiger partial charge in [-0.3, -0.25) is 14.5 Å². The largest absolute Gasteiger partial charge is 0.361 e. The van der Waals surface area contributed by atoms with Gasteiger partial charge >= 0.3 is 10.2 Å². The Morgan fingerprint density at radius 3 is 2.40 bits per heavy atom. The number of halogens is 2. The molecule has 0 spiro atoms. The molecule has 3 heterocycles. The molecule has 0 unspecified atom stereocenters. The quantitative estimate of drug-likeness (QED) is 0.373. The summed E-state index contributed by atoms with van der Waals surface area (Å²) in [7, 11) is 2.05. The molecular formula is C22H21F2N7O3S. The third kappa shape index (κ3) is 4.55. The van der Waals surface area contributed by atoms with Crippen LogP contribution in [0.2, 0.25) is 0 Å². The predicted octanol–water partition coefficient (Wildman–Crippen LogP) is 2.81. The molecule has 13 heteroatoms. The van der Waals surface area contributed by atoms with E-state index in [0.29, 0.717) is 28.1 Å². The number of benzene rings is 1. The monoisotopic (exact) mass is 501 g/mol. The minimum Gasteiger partial charge on any atom is -0.361 e. The molecule has 0 aliphatic rings. The van der Waals surface area contributed by atoms with Gasteiger partial charge in [-0.1, -0.05) is 0 Å². The van der Waals surface area contributed by atoms with Gasteiger partial charge in [-0.05, 0) is 18.2 Å². The number of hydrogen-bond donors (Lipinski definition) is 2. The fourth-order valence-electron chi connectivity index (χ4n) is 3.24. The second-order valence-electron chi connectivity index (χ2n) is 7.98. The number of pyridine rings is 1. The molecule has 0 aliphatic carbocycles. The summed E-state index contributed by atoms with van der Waals surface area (Å²) in [5.74, 6) is -2.80. The Morgan fingerprint density at radius 1 is 1.03 bits per heavy atom. The van der Waals surface area contributed by atoms with E-state index in [1.54, 1.807) is 23.4 Å². The maximum Gasteiger partial charge on any atom is 0.301 e. The summed E-state index contributed by atoms with van der Waals surface area (Å²) in [6, 6.07) is 3.34. The fourth-order valence-corrected chi connectivity index (χ4v) is 3.86. The van der Waals surface area contributed by atoms with E-state index in [9.17, 15) is 17.6 Å². The first-order chi connectivity index (χ1) is 16.5. The average molecular weight is 502 g/mol. The van der Waals surface area contributed by atoms with Crippen LogP contribution in [-0.2, 0) is 10.2 Å². The number of fused-ring (bicyclic) bond motifs is 1. The molecule has 0 aliphatic heterocycles. The highest BCUT2D eigenvalue weighted by atomic mass is 32.2. The van der Waals surface area contributed by atoms with Gasteiger partial charge in [0.25, 0.3) is 0 Å². The minimum absolute atomic E-state index is 0.0439. The number of carbonyl (C=O) groups is 1. The number of hydrogen-bond acceptors (Lipinski definition) is 7. The molecule has 10 nitrogen and oxygen atoms in total. The van der Waals surface area contributed by atoms with Crippen molar-refractivity contribution in [3.63, 3.8) is 0 Å². The Hall–Kier alpha value is -3.97. The van der Waals surface area contributed by atoms with Crippen molar-refractivity contribution in [1.29, 1.82) is 0 Å².